The van der Waals surface area contributed by atoms with Gasteiger partial charge in [0.2, 0.25) is 5.91 Å². The number of amides is 2. The Morgan fingerprint density at radius 1 is 1.58 bits per heavy atom. The highest BCUT2D eigenvalue weighted by atomic mass is 79.9. The van der Waals surface area contributed by atoms with Crippen LogP contribution in [0.1, 0.15) is 16.1 Å². The van der Waals surface area contributed by atoms with Gasteiger partial charge in [0, 0.05) is 19.6 Å². The van der Waals surface area contributed by atoms with Crippen LogP contribution in [0.4, 0.5) is 0 Å². The van der Waals surface area contributed by atoms with Gasteiger partial charge < -0.3 is 15.5 Å². The summed E-state index contributed by atoms with van der Waals surface area (Å²) >= 11 is 4.69. The topological polar surface area (TPSA) is 61.4 Å². The minimum atomic E-state index is -0.129. The quantitative estimate of drug-likeness (QED) is 0.857. The second-order valence-corrected chi connectivity index (χ2v) is 6.99. The first-order valence-electron chi connectivity index (χ1n) is 6.07. The molecule has 5 nitrogen and oxygen atoms in total. The summed E-state index contributed by atoms with van der Waals surface area (Å²) in [4.78, 5) is 25.9. The first-order valence-corrected chi connectivity index (χ1v) is 7.68. The summed E-state index contributed by atoms with van der Waals surface area (Å²) in [5.74, 6) is -0.240. The molecule has 0 saturated carbocycles. The third-order valence-electron chi connectivity index (χ3n) is 2.94. The molecule has 2 amide bonds. The molecule has 0 spiro atoms. The van der Waals surface area contributed by atoms with Crippen molar-refractivity contribution >= 4 is 39.1 Å². The lowest BCUT2D eigenvalue weighted by Crippen LogP contribution is -2.43. The average molecular weight is 346 g/mol. The van der Waals surface area contributed by atoms with E-state index in [1.807, 2.05) is 6.07 Å². The number of carbonyl (C=O) groups excluding carboxylic acids is 2. The minimum absolute atomic E-state index is 0.0881. The first kappa shape index (κ1) is 14.5. The molecule has 1 aliphatic heterocycles. The maximum absolute atomic E-state index is 12.1. The second kappa shape index (κ2) is 6.49. The zero-order valence-electron chi connectivity index (χ0n) is 10.6. The van der Waals surface area contributed by atoms with Gasteiger partial charge in [-0.3, -0.25) is 9.59 Å². The highest BCUT2D eigenvalue weighted by Crippen LogP contribution is 2.22. The van der Waals surface area contributed by atoms with Crippen LogP contribution in [0, 0.1) is 0 Å². The molecule has 2 rings (SSSR count). The standard InChI is InChI=1S/C12H16BrN3O2S/c1-16(12(18)9-2-3-10(13)19-9)7-11(17)15-8-4-5-14-6-8/h2-3,8,14H,4-7H2,1H3,(H,15,17). The van der Waals surface area contributed by atoms with Crippen LogP contribution in [-0.2, 0) is 4.79 Å². The number of nitrogens with one attached hydrogen (secondary N) is 2. The first-order chi connectivity index (χ1) is 9.06. The Morgan fingerprint density at radius 3 is 2.95 bits per heavy atom. The lowest BCUT2D eigenvalue weighted by Gasteiger charge is -2.18. The fourth-order valence-corrected chi connectivity index (χ4v) is 3.34. The van der Waals surface area contributed by atoms with Crippen LogP contribution in [0.3, 0.4) is 0 Å². The van der Waals surface area contributed by atoms with E-state index < -0.39 is 0 Å². The van der Waals surface area contributed by atoms with Crippen LogP contribution in [0.2, 0.25) is 0 Å². The largest absolute Gasteiger partial charge is 0.351 e. The molecule has 1 unspecified atom stereocenters. The van der Waals surface area contributed by atoms with E-state index >= 15 is 0 Å². The molecule has 1 saturated heterocycles. The van der Waals surface area contributed by atoms with Gasteiger partial charge in [0.1, 0.15) is 0 Å². The van der Waals surface area contributed by atoms with E-state index in [-0.39, 0.29) is 24.4 Å². The summed E-state index contributed by atoms with van der Waals surface area (Å²) in [6, 6.07) is 3.77. The molecular formula is C12H16BrN3O2S. The minimum Gasteiger partial charge on any atom is -0.351 e. The second-order valence-electron chi connectivity index (χ2n) is 4.52. The van der Waals surface area contributed by atoms with Crippen LogP contribution >= 0.6 is 27.3 Å². The molecule has 2 heterocycles. The summed E-state index contributed by atoms with van der Waals surface area (Å²) in [7, 11) is 1.64. The average Bonchev–Trinajstić information content (AvgIpc) is 2.99. The van der Waals surface area contributed by atoms with E-state index in [2.05, 4.69) is 26.6 Å². The van der Waals surface area contributed by atoms with E-state index in [1.54, 1.807) is 13.1 Å². The molecule has 0 aliphatic carbocycles. The fraction of sp³-hybridized carbons (Fsp3) is 0.500. The van der Waals surface area contributed by atoms with Gasteiger partial charge in [-0.15, -0.1) is 11.3 Å². The number of thiophene rings is 1. The van der Waals surface area contributed by atoms with Gasteiger partial charge >= 0.3 is 0 Å². The highest BCUT2D eigenvalue weighted by Gasteiger charge is 2.20. The van der Waals surface area contributed by atoms with Gasteiger partial charge in [-0.25, -0.2) is 0 Å². The molecular weight excluding hydrogens is 330 g/mol. The van der Waals surface area contributed by atoms with Crippen molar-refractivity contribution in [3.05, 3.63) is 20.8 Å². The van der Waals surface area contributed by atoms with Gasteiger partial charge in [-0.1, -0.05) is 0 Å². The van der Waals surface area contributed by atoms with E-state index in [4.69, 9.17) is 0 Å². The Kier molecular flexibility index (Phi) is 4.95. The molecule has 0 bridgehead atoms. The molecule has 19 heavy (non-hydrogen) atoms. The van der Waals surface area contributed by atoms with Crippen LogP contribution in [-0.4, -0.2) is 49.4 Å². The van der Waals surface area contributed by atoms with Gasteiger partial charge in [-0.05, 0) is 41.0 Å². The molecule has 0 radical (unpaired) electrons. The van der Waals surface area contributed by atoms with Gasteiger partial charge in [0.05, 0.1) is 15.2 Å². The van der Waals surface area contributed by atoms with Crippen LogP contribution in [0.15, 0.2) is 15.9 Å². The SMILES string of the molecule is CN(CC(=O)NC1CCNC1)C(=O)c1ccc(Br)s1. The Balaban J connectivity index is 1.84. The zero-order chi connectivity index (χ0) is 13.8. The lowest BCUT2D eigenvalue weighted by molar-refractivity contribution is -0.122. The van der Waals surface area contributed by atoms with Gasteiger partial charge in [0.15, 0.2) is 0 Å². The normalized spacial score (nSPS) is 18.3. The monoisotopic (exact) mass is 345 g/mol. The number of likely N-dealkylation sites (N-methyl/N-ethyl adjacent to an activating group) is 1. The fourth-order valence-electron chi connectivity index (χ4n) is 1.96. The molecule has 104 valence electrons. The predicted octanol–water partition coefficient (Wildman–Crippen LogP) is 1.06. The van der Waals surface area contributed by atoms with E-state index in [1.165, 1.54) is 16.2 Å². The van der Waals surface area contributed by atoms with Crippen molar-refractivity contribution in [2.24, 2.45) is 0 Å². The Bertz CT molecular complexity index is 471. The third kappa shape index (κ3) is 4.02. The summed E-state index contributed by atoms with van der Waals surface area (Å²) in [5.41, 5.74) is 0. The molecule has 1 aromatic rings. The molecule has 7 heteroatoms. The maximum atomic E-state index is 12.1. The number of hydrogen-bond acceptors (Lipinski definition) is 4. The lowest BCUT2D eigenvalue weighted by atomic mass is 10.2. The number of carbonyl (C=O) groups is 2. The van der Waals surface area contributed by atoms with Crippen LogP contribution in [0.25, 0.3) is 0 Å². The van der Waals surface area contributed by atoms with Crippen molar-refractivity contribution in [1.82, 2.24) is 15.5 Å². The molecule has 1 atom stereocenters. The third-order valence-corrected chi connectivity index (χ3v) is 4.55. The number of nitrogens with zero attached hydrogens (tertiary/aromatic N) is 1. The Morgan fingerprint density at radius 2 is 2.37 bits per heavy atom. The smallest absolute Gasteiger partial charge is 0.264 e. The van der Waals surface area contributed by atoms with Crippen LogP contribution in [0.5, 0.6) is 0 Å². The maximum Gasteiger partial charge on any atom is 0.264 e. The summed E-state index contributed by atoms with van der Waals surface area (Å²) < 4.78 is 0.908. The zero-order valence-corrected chi connectivity index (χ0v) is 13.0. The van der Waals surface area contributed by atoms with Crippen molar-refractivity contribution in [1.29, 1.82) is 0 Å². The Hall–Kier alpha value is -0.920. The van der Waals surface area contributed by atoms with E-state index in [0.717, 1.165) is 23.3 Å². The van der Waals surface area contributed by atoms with Crippen molar-refractivity contribution in [2.75, 3.05) is 26.7 Å². The number of halogens is 1. The van der Waals surface area contributed by atoms with Gasteiger partial charge in [0.25, 0.3) is 5.91 Å². The summed E-state index contributed by atoms with van der Waals surface area (Å²) in [5, 5.41) is 6.10. The van der Waals surface area contributed by atoms with Crippen molar-refractivity contribution < 1.29 is 9.59 Å². The molecule has 1 aliphatic rings. The number of hydrogen-bond donors (Lipinski definition) is 2. The highest BCUT2D eigenvalue weighted by molar-refractivity contribution is 9.11. The van der Waals surface area contributed by atoms with E-state index in [0.29, 0.717) is 4.88 Å². The van der Waals surface area contributed by atoms with Crippen molar-refractivity contribution in [3.8, 4) is 0 Å². The Labute approximate surface area is 124 Å². The number of rotatable bonds is 4. The van der Waals surface area contributed by atoms with Crippen molar-refractivity contribution in [2.45, 2.75) is 12.5 Å². The predicted molar refractivity (Wildman–Crippen MR) is 78.4 cm³/mol. The molecule has 1 aromatic heterocycles. The molecule has 2 N–H and O–H groups in total. The molecule has 1 fully saturated rings. The molecule has 0 aromatic carbocycles. The van der Waals surface area contributed by atoms with E-state index in [9.17, 15) is 9.59 Å². The summed E-state index contributed by atoms with van der Waals surface area (Å²) in [6.07, 6.45) is 0.946. The summed E-state index contributed by atoms with van der Waals surface area (Å²) in [6.45, 7) is 1.83. The van der Waals surface area contributed by atoms with Gasteiger partial charge in [-0.2, -0.15) is 0 Å². The van der Waals surface area contributed by atoms with Crippen molar-refractivity contribution in [3.63, 3.8) is 0 Å². The van der Waals surface area contributed by atoms with Crippen LogP contribution < -0.4 is 10.6 Å².